The fraction of sp³-hybridized carbons (Fsp3) is 0.294. The molecule has 0 fully saturated rings. The zero-order chi connectivity index (χ0) is 18.1. The Kier molecular flexibility index (Phi) is 4.06. The highest BCUT2D eigenvalue weighted by Gasteiger charge is 2.31. The van der Waals surface area contributed by atoms with E-state index in [0.29, 0.717) is 24.6 Å². The monoisotopic (exact) mass is 365 g/mol. The number of fused-ring (bicyclic) bond motifs is 1. The van der Waals surface area contributed by atoms with Crippen LogP contribution in [0.3, 0.4) is 0 Å². The molecule has 0 spiro atoms. The number of hydrogen-bond acceptors (Lipinski definition) is 6. The molecule has 0 bridgehead atoms. The lowest BCUT2D eigenvalue weighted by Gasteiger charge is -2.30. The van der Waals surface area contributed by atoms with Gasteiger partial charge in [-0.3, -0.25) is 0 Å². The van der Waals surface area contributed by atoms with Crippen molar-refractivity contribution in [2.24, 2.45) is 0 Å². The molecular weight excluding hydrogens is 351 g/mol. The molecule has 0 atom stereocenters. The molecular formula is C17H14F3N3O3. The van der Waals surface area contributed by atoms with Crippen molar-refractivity contribution in [2.45, 2.75) is 25.7 Å². The summed E-state index contributed by atoms with van der Waals surface area (Å²) >= 11 is 0. The summed E-state index contributed by atoms with van der Waals surface area (Å²) in [6.07, 6.45) is -1.70. The van der Waals surface area contributed by atoms with E-state index in [2.05, 4.69) is 14.9 Å². The topological polar surface area (TPSA) is 64.5 Å². The summed E-state index contributed by atoms with van der Waals surface area (Å²) in [5.41, 5.74) is 1.63. The van der Waals surface area contributed by atoms with Gasteiger partial charge >= 0.3 is 6.36 Å². The van der Waals surface area contributed by atoms with E-state index in [1.165, 1.54) is 18.4 Å². The molecule has 3 heterocycles. The second kappa shape index (κ2) is 6.40. The maximum absolute atomic E-state index is 12.4. The van der Waals surface area contributed by atoms with Crippen LogP contribution in [-0.2, 0) is 13.0 Å². The predicted molar refractivity (Wildman–Crippen MR) is 84.5 cm³/mol. The molecule has 26 heavy (non-hydrogen) atoms. The first-order chi connectivity index (χ1) is 12.5. The van der Waals surface area contributed by atoms with Crippen LogP contribution < -0.4 is 9.64 Å². The first-order valence-corrected chi connectivity index (χ1v) is 7.98. The molecule has 136 valence electrons. The lowest BCUT2D eigenvalue weighted by Crippen LogP contribution is -2.29. The maximum atomic E-state index is 12.4. The fourth-order valence-electron chi connectivity index (χ4n) is 2.99. The van der Waals surface area contributed by atoms with Gasteiger partial charge in [0.05, 0.1) is 12.8 Å². The molecule has 0 N–H and O–H groups in total. The van der Waals surface area contributed by atoms with E-state index < -0.39 is 6.36 Å². The number of hydrogen-bond donors (Lipinski definition) is 0. The molecule has 0 amide bonds. The van der Waals surface area contributed by atoms with Gasteiger partial charge in [-0.1, -0.05) is 0 Å². The van der Waals surface area contributed by atoms with Gasteiger partial charge in [0, 0.05) is 12.2 Å². The van der Waals surface area contributed by atoms with Crippen molar-refractivity contribution in [3.63, 3.8) is 0 Å². The lowest BCUT2D eigenvalue weighted by atomic mass is 10.0. The normalized spacial score (nSPS) is 14.3. The van der Waals surface area contributed by atoms with Gasteiger partial charge in [-0.25, -0.2) is 0 Å². The Hall–Kier alpha value is -2.97. The number of alkyl halides is 3. The van der Waals surface area contributed by atoms with Crippen molar-refractivity contribution < 1.29 is 26.7 Å². The highest BCUT2D eigenvalue weighted by Crippen LogP contribution is 2.33. The van der Waals surface area contributed by atoms with Gasteiger partial charge in [-0.2, -0.15) is 0 Å². The Morgan fingerprint density at radius 1 is 1.19 bits per heavy atom. The SMILES string of the molecule is FC(F)(F)Oc1ccc2c(c1)CCCN2Cc1nnc(-c2ccco2)o1. The van der Waals surface area contributed by atoms with E-state index in [0.717, 1.165) is 24.2 Å². The van der Waals surface area contributed by atoms with Gasteiger partial charge in [0.25, 0.3) is 5.89 Å². The minimum absolute atomic E-state index is 0.212. The predicted octanol–water partition coefficient (Wildman–Crippen LogP) is 4.18. The average molecular weight is 365 g/mol. The summed E-state index contributed by atoms with van der Waals surface area (Å²) in [5, 5.41) is 7.97. The van der Waals surface area contributed by atoms with Gasteiger partial charge in [0.2, 0.25) is 5.89 Å². The van der Waals surface area contributed by atoms with E-state index >= 15 is 0 Å². The molecule has 0 saturated heterocycles. The summed E-state index contributed by atoms with van der Waals surface area (Å²) in [4.78, 5) is 2.00. The van der Waals surface area contributed by atoms with Crippen molar-refractivity contribution in [2.75, 3.05) is 11.4 Å². The van der Waals surface area contributed by atoms with Crippen LogP contribution in [-0.4, -0.2) is 23.1 Å². The molecule has 0 aliphatic carbocycles. The number of nitrogens with zero attached hydrogens (tertiary/aromatic N) is 3. The number of aryl methyl sites for hydroxylation is 1. The van der Waals surface area contributed by atoms with Crippen molar-refractivity contribution in [1.82, 2.24) is 10.2 Å². The number of aromatic nitrogens is 2. The van der Waals surface area contributed by atoms with Crippen molar-refractivity contribution in [3.8, 4) is 17.4 Å². The van der Waals surface area contributed by atoms with Crippen LogP contribution in [0, 0.1) is 0 Å². The van der Waals surface area contributed by atoms with Crippen molar-refractivity contribution in [3.05, 3.63) is 48.0 Å². The maximum Gasteiger partial charge on any atom is 0.573 e. The van der Waals surface area contributed by atoms with Crippen LogP contribution in [0.5, 0.6) is 5.75 Å². The summed E-state index contributed by atoms with van der Waals surface area (Å²) in [6, 6.07) is 7.81. The fourth-order valence-corrected chi connectivity index (χ4v) is 2.99. The van der Waals surface area contributed by atoms with E-state index in [4.69, 9.17) is 8.83 Å². The molecule has 1 aromatic carbocycles. The van der Waals surface area contributed by atoms with E-state index in [1.807, 2.05) is 4.90 Å². The molecule has 3 aromatic rings. The van der Waals surface area contributed by atoms with Gasteiger partial charge in [-0.15, -0.1) is 23.4 Å². The Balaban J connectivity index is 1.53. The summed E-state index contributed by atoms with van der Waals surface area (Å²) in [6.45, 7) is 1.10. The Bertz CT molecular complexity index is 890. The van der Waals surface area contributed by atoms with Crippen molar-refractivity contribution >= 4 is 5.69 Å². The highest BCUT2D eigenvalue weighted by molar-refractivity contribution is 5.58. The van der Waals surface area contributed by atoms with Crippen LogP contribution in [0.4, 0.5) is 18.9 Å². The third kappa shape index (κ3) is 3.51. The van der Waals surface area contributed by atoms with Crippen LogP contribution >= 0.6 is 0 Å². The van der Waals surface area contributed by atoms with E-state index in [-0.39, 0.29) is 11.6 Å². The third-order valence-electron chi connectivity index (χ3n) is 4.02. The molecule has 1 aliphatic heterocycles. The lowest BCUT2D eigenvalue weighted by molar-refractivity contribution is -0.274. The molecule has 0 unspecified atom stereocenters. The number of rotatable bonds is 4. The first-order valence-electron chi connectivity index (χ1n) is 7.98. The highest BCUT2D eigenvalue weighted by atomic mass is 19.4. The number of ether oxygens (including phenoxy) is 1. The molecule has 9 heteroatoms. The second-order valence-corrected chi connectivity index (χ2v) is 5.84. The molecule has 0 saturated carbocycles. The van der Waals surface area contributed by atoms with Crippen molar-refractivity contribution in [1.29, 1.82) is 0 Å². The van der Waals surface area contributed by atoms with E-state index in [1.54, 1.807) is 18.2 Å². The number of halogens is 3. The summed E-state index contributed by atoms with van der Waals surface area (Å²) in [7, 11) is 0. The van der Waals surface area contributed by atoms with Crippen LogP contribution in [0.25, 0.3) is 11.7 Å². The zero-order valence-electron chi connectivity index (χ0n) is 13.5. The minimum Gasteiger partial charge on any atom is -0.459 e. The number of furan rings is 1. The second-order valence-electron chi connectivity index (χ2n) is 5.84. The summed E-state index contributed by atoms with van der Waals surface area (Å²) in [5.74, 6) is 0.962. The Morgan fingerprint density at radius 2 is 2.08 bits per heavy atom. The van der Waals surface area contributed by atoms with Crippen LogP contribution in [0.15, 0.2) is 45.4 Å². The van der Waals surface area contributed by atoms with Gasteiger partial charge in [-0.05, 0) is 48.7 Å². The van der Waals surface area contributed by atoms with Crippen LogP contribution in [0.2, 0.25) is 0 Å². The molecule has 6 nitrogen and oxygen atoms in total. The van der Waals surface area contributed by atoms with E-state index in [9.17, 15) is 13.2 Å². The van der Waals surface area contributed by atoms with Gasteiger partial charge < -0.3 is 18.5 Å². The molecule has 0 radical (unpaired) electrons. The first kappa shape index (κ1) is 16.5. The zero-order valence-corrected chi connectivity index (χ0v) is 13.5. The third-order valence-corrected chi connectivity index (χ3v) is 4.02. The van der Waals surface area contributed by atoms with Gasteiger partial charge in [0.1, 0.15) is 5.75 Å². The minimum atomic E-state index is -4.70. The number of benzene rings is 1. The van der Waals surface area contributed by atoms with Crippen LogP contribution in [0.1, 0.15) is 17.9 Å². The molecule has 4 rings (SSSR count). The number of anilines is 1. The average Bonchev–Trinajstić information content (AvgIpc) is 3.24. The molecule has 2 aromatic heterocycles. The Morgan fingerprint density at radius 3 is 2.85 bits per heavy atom. The summed E-state index contributed by atoms with van der Waals surface area (Å²) < 4.78 is 52.0. The molecule has 1 aliphatic rings. The van der Waals surface area contributed by atoms with Gasteiger partial charge in [0.15, 0.2) is 5.76 Å². The quantitative estimate of drug-likeness (QED) is 0.691. The smallest absolute Gasteiger partial charge is 0.459 e. The Labute approximate surface area is 146 Å². The standard InChI is InChI=1S/C17H14F3N3O3/c18-17(19,20)26-12-5-6-13-11(9-12)3-1-7-23(13)10-15-21-22-16(25-15)14-4-2-8-24-14/h2,4-6,8-9H,1,3,7,10H2. The largest absolute Gasteiger partial charge is 0.573 e.